The van der Waals surface area contributed by atoms with Gasteiger partial charge in [0.25, 0.3) is 0 Å². The molecule has 6 nitrogen and oxygen atoms in total. The molecule has 0 rings (SSSR count). The number of amides is 1. The highest BCUT2D eigenvalue weighted by atomic mass is 16.6. The predicted octanol–water partition coefficient (Wildman–Crippen LogP) is 1.34. The number of alkyl carbamates (subject to hydrolysis) is 1. The quantitative estimate of drug-likeness (QED) is 0.710. The molecule has 0 aliphatic carbocycles. The topological polar surface area (TPSA) is 102 Å². The van der Waals surface area contributed by atoms with Crippen LogP contribution in [-0.4, -0.2) is 34.9 Å². The van der Waals surface area contributed by atoms with E-state index in [1.165, 1.54) is 0 Å². The number of carboxylic acids is 1. The minimum atomic E-state index is -1.18. The van der Waals surface area contributed by atoms with Gasteiger partial charge in [0.2, 0.25) is 0 Å². The molecule has 0 aromatic rings. The van der Waals surface area contributed by atoms with Gasteiger partial charge in [-0.05, 0) is 26.2 Å². The highest BCUT2D eigenvalue weighted by molar-refractivity contribution is 5.76. The minimum Gasteiger partial charge on any atom is -0.480 e. The van der Waals surface area contributed by atoms with Gasteiger partial charge in [0.1, 0.15) is 11.6 Å². The molecule has 18 heavy (non-hydrogen) atoms. The maximum atomic E-state index is 11.7. The van der Waals surface area contributed by atoms with E-state index in [4.69, 9.17) is 15.6 Å². The van der Waals surface area contributed by atoms with E-state index < -0.39 is 35.2 Å². The van der Waals surface area contributed by atoms with Crippen LogP contribution in [0.3, 0.4) is 0 Å². The molecule has 6 heteroatoms. The van der Waals surface area contributed by atoms with Crippen molar-refractivity contribution in [2.24, 2.45) is 11.1 Å². The van der Waals surface area contributed by atoms with Crippen LogP contribution in [0, 0.1) is 5.41 Å². The van der Waals surface area contributed by atoms with Crippen molar-refractivity contribution in [1.29, 1.82) is 0 Å². The van der Waals surface area contributed by atoms with Crippen LogP contribution >= 0.6 is 0 Å². The first kappa shape index (κ1) is 16.7. The summed E-state index contributed by atoms with van der Waals surface area (Å²) in [5, 5.41) is 11.5. The fourth-order valence-electron chi connectivity index (χ4n) is 1.42. The number of carbonyl (C=O) groups excluding carboxylic acids is 1. The fourth-order valence-corrected chi connectivity index (χ4v) is 1.42. The Kier molecular flexibility index (Phi) is 5.16. The summed E-state index contributed by atoms with van der Waals surface area (Å²) in [6, 6.07) is -1.90. The molecule has 0 aliphatic rings. The highest BCUT2D eigenvalue weighted by Gasteiger charge is 2.36. The lowest BCUT2D eigenvalue weighted by Gasteiger charge is -2.34. The number of ether oxygens (including phenoxy) is 1. The summed E-state index contributed by atoms with van der Waals surface area (Å²) >= 11 is 0. The minimum absolute atomic E-state index is 0.491. The zero-order valence-electron chi connectivity index (χ0n) is 11.9. The lowest BCUT2D eigenvalue weighted by atomic mass is 9.82. The van der Waals surface area contributed by atoms with Crippen molar-refractivity contribution in [1.82, 2.24) is 5.32 Å². The van der Waals surface area contributed by atoms with Gasteiger partial charge in [-0.2, -0.15) is 0 Å². The standard InChI is InChI=1S/C12H24N2O4/c1-11(2,3)8(7(13)9(15)16)14-10(17)18-12(4,5)6/h7-8H,13H2,1-6H3,(H,14,17)(H,15,16). The van der Waals surface area contributed by atoms with Crippen molar-refractivity contribution < 1.29 is 19.4 Å². The van der Waals surface area contributed by atoms with E-state index in [0.29, 0.717) is 0 Å². The third kappa shape index (κ3) is 5.86. The van der Waals surface area contributed by atoms with Crippen LogP contribution in [0.1, 0.15) is 41.5 Å². The molecule has 0 aliphatic heterocycles. The van der Waals surface area contributed by atoms with Gasteiger partial charge in [-0.25, -0.2) is 4.79 Å². The first-order valence-corrected chi connectivity index (χ1v) is 5.82. The Hall–Kier alpha value is -1.30. The number of carboxylic acid groups (broad SMARTS) is 1. The zero-order valence-corrected chi connectivity index (χ0v) is 11.9. The average Bonchev–Trinajstić information content (AvgIpc) is 2.08. The lowest BCUT2D eigenvalue weighted by Crippen LogP contribution is -2.58. The molecular weight excluding hydrogens is 236 g/mol. The highest BCUT2D eigenvalue weighted by Crippen LogP contribution is 2.22. The summed E-state index contributed by atoms with van der Waals surface area (Å²) in [6.07, 6.45) is -0.667. The second kappa shape index (κ2) is 5.56. The zero-order chi connectivity index (χ0) is 14.7. The largest absolute Gasteiger partial charge is 0.480 e. The van der Waals surface area contributed by atoms with Crippen molar-refractivity contribution in [3.05, 3.63) is 0 Å². The first-order valence-electron chi connectivity index (χ1n) is 5.82. The van der Waals surface area contributed by atoms with E-state index in [1.807, 2.05) is 0 Å². The first-order chi connectivity index (χ1) is 7.84. The van der Waals surface area contributed by atoms with E-state index in [1.54, 1.807) is 41.5 Å². The normalized spacial score (nSPS) is 15.7. The van der Waals surface area contributed by atoms with Crippen LogP contribution in [0.15, 0.2) is 0 Å². The molecule has 0 heterocycles. The summed E-state index contributed by atoms with van der Waals surface area (Å²) in [4.78, 5) is 22.6. The van der Waals surface area contributed by atoms with Crippen LogP contribution in [-0.2, 0) is 9.53 Å². The van der Waals surface area contributed by atoms with E-state index in [2.05, 4.69) is 5.32 Å². The number of hydrogen-bond acceptors (Lipinski definition) is 4. The second-order valence-electron chi connectivity index (χ2n) is 6.35. The molecule has 0 aromatic heterocycles. The van der Waals surface area contributed by atoms with Gasteiger partial charge in [-0.15, -0.1) is 0 Å². The van der Waals surface area contributed by atoms with Crippen LogP contribution in [0.5, 0.6) is 0 Å². The number of aliphatic carboxylic acids is 1. The molecule has 0 radical (unpaired) electrons. The predicted molar refractivity (Wildman–Crippen MR) is 68.2 cm³/mol. The van der Waals surface area contributed by atoms with Gasteiger partial charge in [0, 0.05) is 0 Å². The van der Waals surface area contributed by atoms with Crippen molar-refractivity contribution >= 4 is 12.1 Å². The summed E-state index contributed by atoms with van der Waals surface area (Å²) in [7, 11) is 0. The third-order valence-electron chi connectivity index (χ3n) is 2.25. The molecule has 0 saturated heterocycles. The Labute approximate surface area is 108 Å². The van der Waals surface area contributed by atoms with E-state index in [9.17, 15) is 9.59 Å². The lowest BCUT2D eigenvalue weighted by molar-refractivity contribution is -0.140. The van der Waals surface area contributed by atoms with Gasteiger partial charge in [0.05, 0.1) is 6.04 Å². The summed E-state index contributed by atoms with van der Waals surface area (Å²) in [6.45, 7) is 10.6. The molecule has 1 amide bonds. The smallest absolute Gasteiger partial charge is 0.407 e. The van der Waals surface area contributed by atoms with Crippen LogP contribution in [0.2, 0.25) is 0 Å². The molecular formula is C12H24N2O4. The Morgan fingerprint density at radius 1 is 1.17 bits per heavy atom. The Morgan fingerprint density at radius 3 is 1.89 bits per heavy atom. The molecule has 0 spiro atoms. The van der Waals surface area contributed by atoms with Gasteiger partial charge < -0.3 is 20.9 Å². The van der Waals surface area contributed by atoms with Crippen LogP contribution in [0.4, 0.5) is 4.79 Å². The fraction of sp³-hybridized carbons (Fsp3) is 0.833. The number of rotatable bonds is 3. The molecule has 0 bridgehead atoms. The molecule has 0 aromatic carbocycles. The summed E-state index contributed by atoms with van der Waals surface area (Å²) in [5.41, 5.74) is 4.46. The SMILES string of the molecule is CC(C)(C)OC(=O)NC(C(N)C(=O)O)C(C)(C)C. The monoisotopic (exact) mass is 260 g/mol. The van der Waals surface area contributed by atoms with Crippen molar-refractivity contribution in [2.75, 3.05) is 0 Å². The molecule has 106 valence electrons. The van der Waals surface area contributed by atoms with E-state index in [0.717, 1.165) is 0 Å². The summed E-state index contributed by atoms with van der Waals surface area (Å²) in [5.74, 6) is -1.16. The Morgan fingerprint density at radius 2 is 1.61 bits per heavy atom. The van der Waals surface area contributed by atoms with Gasteiger partial charge >= 0.3 is 12.1 Å². The molecule has 2 atom stereocenters. The van der Waals surface area contributed by atoms with Crippen LogP contribution in [0.25, 0.3) is 0 Å². The van der Waals surface area contributed by atoms with Crippen LogP contribution < -0.4 is 11.1 Å². The Balaban J connectivity index is 4.83. The number of hydrogen-bond donors (Lipinski definition) is 3. The Bertz CT molecular complexity index is 315. The number of carbonyl (C=O) groups is 2. The maximum absolute atomic E-state index is 11.7. The molecule has 4 N–H and O–H groups in total. The van der Waals surface area contributed by atoms with Gasteiger partial charge in [0.15, 0.2) is 0 Å². The molecule has 0 saturated carbocycles. The van der Waals surface area contributed by atoms with Crippen molar-refractivity contribution in [3.63, 3.8) is 0 Å². The molecule has 0 fully saturated rings. The number of nitrogens with two attached hydrogens (primary N) is 1. The molecule has 2 unspecified atom stereocenters. The third-order valence-corrected chi connectivity index (χ3v) is 2.25. The van der Waals surface area contributed by atoms with E-state index >= 15 is 0 Å². The maximum Gasteiger partial charge on any atom is 0.407 e. The number of nitrogens with one attached hydrogen (secondary N) is 1. The second-order valence-corrected chi connectivity index (χ2v) is 6.35. The average molecular weight is 260 g/mol. The van der Waals surface area contributed by atoms with Crippen molar-refractivity contribution in [3.8, 4) is 0 Å². The van der Waals surface area contributed by atoms with Gasteiger partial charge in [-0.1, -0.05) is 20.8 Å². The van der Waals surface area contributed by atoms with Gasteiger partial charge in [-0.3, -0.25) is 4.79 Å². The summed E-state index contributed by atoms with van der Waals surface area (Å²) < 4.78 is 5.09. The van der Waals surface area contributed by atoms with Crippen molar-refractivity contribution in [2.45, 2.75) is 59.2 Å². The van der Waals surface area contributed by atoms with E-state index in [-0.39, 0.29) is 0 Å².